The van der Waals surface area contributed by atoms with Gasteiger partial charge in [0.2, 0.25) is 0 Å². The van der Waals surface area contributed by atoms with Crippen molar-refractivity contribution in [2.24, 2.45) is 0 Å². The first-order valence-electron chi connectivity index (χ1n) is 1.47. The van der Waals surface area contributed by atoms with E-state index in [4.69, 9.17) is 6.58 Å². The van der Waals surface area contributed by atoms with Gasteiger partial charge in [0, 0.05) is 0 Å². The summed E-state index contributed by atoms with van der Waals surface area (Å²) in [5.74, 6) is 0. The molecule has 0 bridgehead atoms. The van der Waals surface area contributed by atoms with Gasteiger partial charge in [-0.15, -0.1) is 0 Å². The SMILES string of the molecule is [CH-]=CC(=C)[CH]=[Os]. The van der Waals surface area contributed by atoms with Gasteiger partial charge in [0.05, 0.1) is 0 Å². The van der Waals surface area contributed by atoms with E-state index in [2.05, 4.69) is 6.58 Å². The van der Waals surface area contributed by atoms with Crippen molar-refractivity contribution in [3.05, 3.63) is 24.8 Å². The Morgan fingerprint density at radius 2 is 2.33 bits per heavy atom. The second kappa shape index (κ2) is 3.19. The Balaban J connectivity index is 3.52. The molecular weight excluding hydrogens is 250 g/mol. The number of allylic oxidation sites excluding steroid dienone is 2. The van der Waals surface area contributed by atoms with Crippen LogP contribution < -0.4 is 0 Å². The molecule has 0 aromatic carbocycles. The molecule has 0 heterocycles. The van der Waals surface area contributed by atoms with Gasteiger partial charge < -0.3 is 0 Å². The molecular formula is C5H5Os-. The summed E-state index contributed by atoms with van der Waals surface area (Å²) in [7, 11) is 0. The maximum atomic E-state index is 5.03. The molecule has 0 saturated carbocycles. The molecule has 0 unspecified atom stereocenters. The van der Waals surface area contributed by atoms with Crippen molar-refractivity contribution < 1.29 is 18.1 Å². The molecule has 0 aliphatic heterocycles. The normalized spacial score (nSPS) is 6.83. The van der Waals surface area contributed by atoms with Gasteiger partial charge in [-0.25, -0.2) is 0 Å². The van der Waals surface area contributed by atoms with Crippen LogP contribution in [0.25, 0.3) is 0 Å². The summed E-state index contributed by atoms with van der Waals surface area (Å²) in [5, 5.41) is 0. The Labute approximate surface area is 48.0 Å². The molecule has 6 heavy (non-hydrogen) atoms. The van der Waals surface area contributed by atoms with Crippen LogP contribution >= 0.6 is 0 Å². The van der Waals surface area contributed by atoms with E-state index in [0.29, 0.717) is 0 Å². The molecule has 0 atom stereocenters. The number of hydrogen-bond acceptors (Lipinski definition) is 0. The molecule has 0 N–H and O–H groups in total. The van der Waals surface area contributed by atoms with E-state index in [1.807, 2.05) is 4.57 Å². The fraction of sp³-hybridized carbons (Fsp3) is 0. The summed E-state index contributed by atoms with van der Waals surface area (Å²) >= 11 is 1.72. The minimum absolute atomic E-state index is 0.883. The van der Waals surface area contributed by atoms with Crippen molar-refractivity contribution in [1.82, 2.24) is 0 Å². The quantitative estimate of drug-likeness (QED) is 0.507. The van der Waals surface area contributed by atoms with E-state index >= 15 is 0 Å². The van der Waals surface area contributed by atoms with Gasteiger partial charge in [0.1, 0.15) is 0 Å². The zero-order valence-corrected chi connectivity index (χ0v) is 5.83. The molecule has 0 fully saturated rings. The van der Waals surface area contributed by atoms with Gasteiger partial charge in [-0.1, -0.05) is 0 Å². The Morgan fingerprint density at radius 3 is 2.33 bits per heavy atom. The molecule has 0 rings (SSSR count). The van der Waals surface area contributed by atoms with Crippen LogP contribution in [0.2, 0.25) is 0 Å². The molecule has 0 aromatic heterocycles. The summed E-state index contributed by atoms with van der Waals surface area (Å²) < 4.78 is 1.88. The van der Waals surface area contributed by atoms with Gasteiger partial charge in [0.15, 0.2) is 0 Å². The Bertz CT molecular complexity index is 71.9. The molecule has 34 valence electrons. The third-order valence-corrected chi connectivity index (χ3v) is 1.29. The van der Waals surface area contributed by atoms with E-state index in [1.165, 1.54) is 6.08 Å². The molecule has 0 saturated heterocycles. The topological polar surface area (TPSA) is 0 Å². The van der Waals surface area contributed by atoms with Crippen molar-refractivity contribution in [3.8, 4) is 0 Å². The monoisotopic (exact) mass is 257 g/mol. The summed E-state index contributed by atoms with van der Waals surface area (Å²) in [4.78, 5) is 0. The average molecular weight is 255 g/mol. The third-order valence-electron chi connectivity index (χ3n) is 0.345. The van der Waals surface area contributed by atoms with Crippen LogP contribution in [0.15, 0.2) is 18.2 Å². The zero-order valence-electron chi connectivity index (χ0n) is 3.29. The zero-order chi connectivity index (χ0) is 4.99. The van der Waals surface area contributed by atoms with E-state index in [9.17, 15) is 0 Å². The van der Waals surface area contributed by atoms with E-state index in [1.54, 1.807) is 18.1 Å². The van der Waals surface area contributed by atoms with Crippen molar-refractivity contribution in [2.45, 2.75) is 0 Å². The van der Waals surface area contributed by atoms with E-state index < -0.39 is 0 Å². The summed E-state index contributed by atoms with van der Waals surface area (Å²) in [5.41, 5.74) is 0.883. The van der Waals surface area contributed by atoms with Crippen molar-refractivity contribution in [3.63, 3.8) is 0 Å². The predicted molar refractivity (Wildman–Crippen MR) is 24.1 cm³/mol. The van der Waals surface area contributed by atoms with Gasteiger partial charge in [-0.3, -0.25) is 0 Å². The van der Waals surface area contributed by atoms with Gasteiger partial charge in [0.25, 0.3) is 0 Å². The van der Waals surface area contributed by atoms with Crippen LogP contribution in [-0.2, 0) is 18.1 Å². The van der Waals surface area contributed by atoms with Crippen molar-refractivity contribution in [1.29, 1.82) is 0 Å². The van der Waals surface area contributed by atoms with Crippen LogP contribution in [0.3, 0.4) is 0 Å². The molecule has 0 aliphatic rings. The van der Waals surface area contributed by atoms with E-state index in [0.717, 1.165) is 5.57 Å². The molecule has 1 heteroatoms. The van der Waals surface area contributed by atoms with Crippen LogP contribution in [0.1, 0.15) is 0 Å². The first-order chi connectivity index (χ1) is 2.81. The average Bonchev–Trinajstić information content (AvgIpc) is 1.65. The van der Waals surface area contributed by atoms with Crippen LogP contribution in [0.5, 0.6) is 0 Å². The Kier molecular flexibility index (Phi) is 3.18. The first kappa shape index (κ1) is 5.99. The number of hydrogen-bond donors (Lipinski definition) is 0. The Morgan fingerprint density at radius 1 is 1.83 bits per heavy atom. The maximum absolute atomic E-state index is 5.03. The van der Waals surface area contributed by atoms with Crippen LogP contribution in [-0.4, -0.2) is 4.57 Å². The Hall–Kier alpha value is -0.0136. The summed E-state index contributed by atoms with van der Waals surface area (Å²) in [6.45, 7) is 8.59. The second-order valence-corrected chi connectivity index (χ2v) is 1.58. The summed E-state index contributed by atoms with van der Waals surface area (Å²) in [6.07, 6.45) is 1.48. The second-order valence-electron chi connectivity index (χ2n) is 0.844. The molecule has 0 radical (unpaired) electrons. The molecule has 0 amide bonds. The number of rotatable bonds is 2. The predicted octanol–water partition coefficient (Wildman–Crippen LogP) is 0.881. The van der Waals surface area contributed by atoms with Gasteiger partial charge >= 0.3 is 47.5 Å². The van der Waals surface area contributed by atoms with Crippen LogP contribution in [0, 0.1) is 6.58 Å². The van der Waals surface area contributed by atoms with Crippen molar-refractivity contribution >= 4 is 4.57 Å². The standard InChI is InChI=1S/C5H5.Os/c1-4-5(2)3;/h1-2,4H,3H2;/q-1;. The third kappa shape index (κ3) is 2.24. The fourth-order valence-corrected chi connectivity index (χ4v) is 0.278. The molecule has 0 spiro atoms. The molecule has 0 aromatic rings. The van der Waals surface area contributed by atoms with Crippen molar-refractivity contribution in [2.75, 3.05) is 0 Å². The first-order valence-corrected chi connectivity index (χ1v) is 2.94. The molecule has 0 nitrogen and oxygen atoms in total. The van der Waals surface area contributed by atoms with E-state index in [-0.39, 0.29) is 0 Å². The molecule has 0 aliphatic carbocycles. The van der Waals surface area contributed by atoms with Crippen LogP contribution in [0.4, 0.5) is 0 Å². The summed E-state index contributed by atoms with van der Waals surface area (Å²) in [6, 6.07) is 0. The van der Waals surface area contributed by atoms with Gasteiger partial charge in [-0.05, 0) is 0 Å². The fourth-order valence-electron chi connectivity index (χ4n) is 0.0340. The van der Waals surface area contributed by atoms with Gasteiger partial charge in [-0.2, -0.15) is 0 Å². The minimum atomic E-state index is 0.883.